The molecule has 0 unspecified atom stereocenters. The fourth-order valence-electron chi connectivity index (χ4n) is 2.50. The van der Waals surface area contributed by atoms with E-state index in [-0.39, 0.29) is 0 Å². The van der Waals surface area contributed by atoms with Crippen LogP contribution in [0.3, 0.4) is 0 Å². The van der Waals surface area contributed by atoms with Gasteiger partial charge in [0.25, 0.3) is 0 Å². The molecule has 1 aliphatic carbocycles. The van der Waals surface area contributed by atoms with Gasteiger partial charge < -0.3 is 4.57 Å². The van der Waals surface area contributed by atoms with Crippen molar-refractivity contribution in [2.75, 3.05) is 0 Å². The Bertz CT molecular complexity index is 420. The third kappa shape index (κ3) is 1.56. The van der Waals surface area contributed by atoms with E-state index in [1.54, 1.807) is 6.07 Å². The van der Waals surface area contributed by atoms with Crippen LogP contribution in [-0.2, 0) is 0 Å². The Morgan fingerprint density at radius 1 is 1.53 bits per heavy atom. The maximum atomic E-state index is 10.9. The Balaban J connectivity index is 2.48. The molecule has 1 saturated carbocycles. The number of carbonyl (C=O) groups is 1. The molecule has 0 spiro atoms. The Kier molecular flexibility index (Phi) is 2.59. The lowest BCUT2D eigenvalue weighted by atomic mass is 10.2. The Morgan fingerprint density at radius 3 is 2.73 bits per heavy atom. The lowest BCUT2D eigenvalue weighted by Gasteiger charge is -2.16. The zero-order chi connectivity index (χ0) is 10.8. The molecule has 0 aromatic carbocycles. The minimum absolute atomic E-state index is 0.423. The molecule has 1 heterocycles. The predicted octanol–water partition coefficient (Wildman–Crippen LogP) is 2.60. The van der Waals surface area contributed by atoms with E-state index >= 15 is 0 Å². The standard InChI is InChI=1S/C12H14N2O/c1-9-10(7-13)6-12(8-15)14(9)11-4-2-3-5-11/h6,8,11H,2-5H2,1H3. The SMILES string of the molecule is Cc1c(C#N)cc(C=O)n1C1CCCC1. The summed E-state index contributed by atoms with van der Waals surface area (Å²) in [5.74, 6) is 0. The van der Waals surface area contributed by atoms with Gasteiger partial charge >= 0.3 is 0 Å². The maximum Gasteiger partial charge on any atom is 0.166 e. The number of aldehydes is 1. The molecule has 0 radical (unpaired) electrons. The summed E-state index contributed by atoms with van der Waals surface area (Å²) in [5, 5.41) is 8.92. The van der Waals surface area contributed by atoms with Crippen LogP contribution in [0.5, 0.6) is 0 Å². The fourth-order valence-corrected chi connectivity index (χ4v) is 2.50. The van der Waals surface area contributed by atoms with Gasteiger partial charge in [0.2, 0.25) is 0 Å². The summed E-state index contributed by atoms with van der Waals surface area (Å²) in [4.78, 5) is 10.9. The van der Waals surface area contributed by atoms with Crippen molar-refractivity contribution in [3.8, 4) is 6.07 Å². The molecule has 0 saturated heterocycles. The average molecular weight is 202 g/mol. The molecule has 1 aliphatic rings. The second-order valence-electron chi connectivity index (χ2n) is 4.11. The van der Waals surface area contributed by atoms with Gasteiger partial charge in [0.05, 0.1) is 11.3 Å². The van der Waals surface area contributed by atoms with E-state index in [0.29, 0.717) is 17.3 Å². The lowest BCUT2D eigenvalue weighted by molar-refractivity contribution is 0.111. The van der Waals surface area contributed by atoms with E-state index in [9.17, 15) is 4.79 Å². The van der Waals surface area contributed by atoms with Gasteiger partial charge in [-0.1, -0.05) is 12.8 Å². The van der Waals surface area contributed by atoms with Crippen LogP contribution in [0.4, 0.5) is 0 Å². The molecule has 3 nitrogen and oxygen atoms in total. The third-order valence-corrected chi connectivity index (χ3v) is 3.25. The summed E-state index contributed by atoms with van der Waals surface area (Å²) in [7, 11) is 0. The number of carbonyl (C=O) groups excluding carboxylic acids is 1. The summed E-state index contributed by atoms with van der Waals surface area (Å²) in [5.41, 5.74) is 2.21. The van der Waals surface area contributed by atoms with E-state index in [1.807, 2.05) is 11.5 Å². The molecule has 0 N–H and O–H groups in total. The van der Waals surface area contributed by atoms with Gasteiger partial charge in [-0.15, -0.1) is 0 Å². The largest absolute Gasteiger partial charge is 0.338 e. The van der Waals surface area contributed by atoms with Gasteiger partial charge in [-0.3, -0.25) is 4.79 Å². The first-order valence-corrected chi connectivity index (χ1v) is 5.35. The number of nitrogens with zero attached hydrogens (tertiary/aromatic N) is 2. The summed E-state index contributed by atoms with van der Waals surface area (Å²) in [6, 6.07) is 4.25. The van der Waals surface area contributed by atoms with Crippen LogP contribution in [-0.4, -0.2) is 10.9 Å². The van der Waals surface area contributed by atoms with E-state index in [4.69, 9.17) is 5.26 Å². The minimum Gasteiger partial charge on any atom is -0.338 e. The van der Waals surface area contributed by atoms with E-state index in [2.05, 4.69) is 6.07 Å². The van der Waals surface area contributed by atoms with Crippen molar-refractivity contribution in [3.63, 3.8) is 0 Å². The highest BCUT2D eigenvalue weighted by molar-refractivity contribution is 5.74. The average Bonchev–Trinajstić information content (AvgIpc) is 2.84. The smallest absolute Gasteiger partial charge is 0.166 e. The van der Waals surface area contributed by atoms with Crippen LogP contribution >= 0.6 is 0 Å². The molecule has 0 atom stereocenters. The highest BCUT2D eigenvalue weighted by Gasteiger charge is 2.22. The van der Waals surface area contributed by atoms with Gasteiger partial charge in [-0.2, -0.15) is 5.26 Å². The predicted molar refractivity (Wildman–Crippen MR) is 56.8 cm³/mol. The quantitative estimate of drug-likeness (QED) is 0.692. The molecule has 0 bridgehead atoms. The second kappa shape index (κ2) is 3.90. The second-order valence-corrected chi connectivity index (χ2v) is 4.11. The van der Waals surface area contributed by atoms with Crippen molar-refractivity contribution in [1.29, 1.82) is 5.26 Å². The molecule has 15 heavy (non-hydrogen) atoms. The van der Waals surface area contributed by atoms with Crippen molar-refractivity contribution in [2.45, 2.75) is 38.6 Å². The molecule has 1 aromatic rings. The lowest BCUT2D eigenvalue weighted by Crippen LogP contribution is -2.09. The van der Waals surface area contributed by atoms with E-state index < -0.39 is 0 Å². The molecule has 3 heteroatoms. The van der Waals surface area contributed by atoms with Crippen molar-refractivity contribution < 1.29 is 4.79 Å². The van der Waals surface area contributed by atoms with E-state index in [1.165, 1.54) is 12.8 Å². The first-order chi connectivity index (χ1) is 7.27. The normalized spacial score (nSPS) is 16.5. The molecule has 0 amide bonds. The molecule has 1 aromatic heterocycles. The molecular formula is C12H14N2O. The first-order valence-electron chi connectivity index (χ1n) is 5.35. The van der Waals surface area contributed by atoms with Gasteiger partial charge in [0.1, 0.15) is 6.07 Å². The molecule has 78 valence electrons. The molecule has 2 rings (SSSR count). The van der Waals surface area contributed by atoms with Crippen LogP contribution in [0, 0.1) is 18.3 Å². The van der Waals surface area contributed by atoms with Gasteiger partial charge in [0, 0.05) is 11.7 Å². The van der Waals surface area contributed by atoms with Gasteiger partial charge in [0.15, 0.2) is 6.29 Å². The number of hydrogen-bond acceptors (Lipinski definition) is 2. The van der Waals surface area contributed by atoms with Crippen molar-refractivity contribution in [3.05, 3.63) is 23.0 Å². The number of nitriles is 1. The van der Waals surface area contributed by atoms with Crippen LogP contribution < -0.4 is 0 Å². The van der Waals surface area contributed by atoms with Crippen LogP contribution in [0.1, 0.15) is 53.5 Å². The zero-order valence-electron chi connectivity index (χ0n) is 8.86. The number of hydrogen-bond donors (Lipinski definition) is 0. The fraction of sp³-hybridized carbons (Fsp3) is 0.500. The molecule has 0 aliphatic heterocycles. The van der Waals surface area contributed by atoms with Crippen LogP contribution in [0.25, 0.3) is 0 Å². The van der Waals surface area contributed by atoms with Crippen LogP contribution in [0.15, 0.2) is 6.07 Å². The van der Waals surface area contributed by atoms with Crippen molar-refractivity contribution >= 4 is 6.29 Å². The summed E-state index contributed by atoms with van der Waals surface area (Å²) >= 11 is 0. The van der Waals surface area contributed by atoms with Gasteiger partial charge in [-0.05, 0) is 25.8 Å². The van der Waals surface area contributed by atoms with Crippen molar-refractivity contribution in [1.82, 2.24) is 4.57 Å². The van der Waals surface area contributed by atoms with E-state index in [0.717, 1.165) is 24.8 Å². The number of aromatic nitrogens is 1. The highest BCUT2D eigenvalue weighted by Crippen LogP contribution is 2.32. The van der Waals surface area contributed by atoms with Gasteiger partial charge in [-0.25, -0.2) is 0 Å². The molecular weight excluding hydrogens is 188 g/mol. The van der Waals surface area contributed by atoms with Crippen LogP contribution in [0.2, 0.25) is 0 Å². The first kappa shape index (κ1) is 9.97. The Morgan fingerprint density at radius 2 is 2.20 bits per heavy atom. The summed E-state index contributed by atoms with van der Waals surface area (Å²) < 4.78 is 2.04. The minimum atomic E-state index is 0.423. The Labute approximate surface area is 89.3 Å². The third-order valence-electron chi connectivity index (χ3n) is 3.25. The molecule has 1 fully saturated rings. The maximum absolute atomic E-state index is 10.9. The number of rotatable bonds is 2. The summed E-state index contributed by atoms with van der Waals surface area (Å²) in [6.45, 7) is 1.92. The highest BCUT2D eigenvalue weighted by atomic mass is 16.1. The zero-order valence-corrected chi connectivity index (χ0v) is 8.86. The monoisotopic (exact) mass is 202 g/mol. The summed E-state index contributed by atoms with van der Waals surface area (Å²) in [6.07, 6.45) is 5.56. The Hall–Kier alpha value is -1.56. The van der Waals surface area contributed by atoms with Crippen molar-refractivity contribution in [2.24, 2.45) is 0 Å². The topological polar surface area (TPSA) is 45.8 Å².